The van der Waals surface area contributed by atoms with Crippen LogP contribution in [0.5, 0.6) is 0 Å². The van der Waals surface area contributed by atoms with E-state index in [0.717, 1.165) is 18.9 Å². The summed E-state index contributed by atoms with van der Waals surface area (Å²) in [5, 5.41) is 2.84. The standard InChI is InChI=1S/C14H24N4O/c1-5-18(6-2)12-8-7-11(9-16-12)17-13(19)14(3,4)10-15/h7-9H,5-6,10,15H2,1-4H3,(H,17,19). The van der Waals surface area contributed by atoms with Gasteiger partial charge in [-0.2, -0.15) is 0 Å². The van der Waals surface area contributed by atoms with Crippen molar-refractivity contribution in [2.75, 3.05) is 29.9 Å². The molecule has 0 saturated heterocycles. The Hall–Kier alpha value is -1.62. The normalized spacial score (nSPS) is 11.2. The monoisotopic (exact) mass is 264 g/mol. The quantitative estimate of drug-likeness (QED) is 0.822. The third-order valence-electron chi connectivity index (χ3n) is 3.22. The maximum atomic E-state index is 12.0. The lowest BCUT2D eigenvalue weighted by molar-refractivity contribution is -0.123. The number of nitrogens with zero attached hydrogens (tertiary/aromatic N) is 2. The molecule has 0 aliphatic rings. The Morgan fingerprint density at radius 1 is 1.37 bits per heavy atom. The molecule has 0 atom stereocenters. The van der Waals surface area contributed by atoms with Gasteiger partial charge in [-0.15, -0.1) is 0 Å². The number of carbonyl (C=O) groups excluding carboxylic acids is 1. The highest BCUT2D eigenvalue weighted by molar-refractivity contribution is 5.94. The van der Waals surface area contributed by atoms with E-state index in [0.29, 0.717) is 12.2 Å². The van der Waals surface area contributed by atoms with E-state index in [4.69, 9.17) is 5.73 Å². The summed E-state index contributed by atoms with van der Waals surface area (Å²) in [7, 11) is 0. The molecule has 0 bridgehead atoms. The van der Waals surface area contributed by atoms with Crippen molar-refractivity contribution >= 4 is 17.4 Å². The van der Waals surface area contributed by atoms with E-state index in [-0.39, 0.29) is 5.91 Å². The van der Waals surface area contributed by atoms with Gasteiger partial charge in [-0.3, -0.25) is 4.79 Å². The van der Waals surface area contributed by atoms with Crippen molar-refractivity contribution in [3.8, 4) is 0 Å². The molecule has 0 radical (unpaired) electrons. The first-order chi connectivity index (χ1) is 8.94. The summed E-state index contributed by atoms with van der Waals surface area (Å²) in [6.07, 6.45) is 1.68. The van der Waals surface area contributed by atoms with Crippen LogP contribution in [0.25, 0.3) is 0 Å². The number of carbonyl (C=O) groups is 1. The van der Waals surface area contributed by atoms with Crippen molar-refractivity contribution < 1.29 is 4.79 Å². The molecule has 1 rings (SSSR count). The SMILES string of the molecule is CCN(CC)c1ccc(NC(=O)C(C)(C)CN)cn1. The van der Waals surface area contributed by atoms with Crippen LogP contribution in [0.3, 0.4) is 0 Å². The third-order valence-corrected chi connectivity index (χ3v) is 3.22. The lowest BCUT2D eigenvalue weighted by Gasteiger charge is -2.22. The number of hydrogen-bond donors (Lipinski definition) is 2. The molecule has 1 aromatic heterocycles. The Kier molecular flexibility index (Phi) is 5.30. The van der Waals surface area contributed by atoms with Crippen molar-refractivity contribution in [1.29, 1.82) is 0 Å². The van der Waals surface area contributed by atoms with Gasteiger partial charge >= 0.3 is 0 Å². The second kappa shape index (κ2) is 6.52. The summed E-state index contributed by atoms with van der Waals surface area (Å²) in [6.45, 7) is 9.95. The maximum Gasteiger partial charge on any atom is 0.231 e. The highest BCUT2D eigenvalue weighted by Crippen LogP contribution is 2.18. The first kappa shape index (κ1) is 15.4. The Morgan fingerprint density at radius 2 is 2.00 bits per heavy atom. The molecule has 0 aliphatic carbocycles. The second-order valence-electron chi connectivity index (χ2n) is 5.12. The van der Waals surface area contributed by atoms with Crippen LogP contribution in [0, 0.1) is 5.41 Å². The highest BCUT2D eigenvalue weighted by atomic mass is 16.2. The van der Waals surface area contributed by atoms with Gasteiger partial charge in [0.1, 0.15) is 5.82 Å². The first-order valence-corrected chi connectivity index (χ1v) is 6.67. The molecule has 1 amide bonds. The van der Waals surface area contributed by atoms with E-state index in [2.05, 4.69) is 29.0 Å². The smallest absolute Gasteiger partial charge is 0.231 e. The van der Waals surface area contributed by atoms with E-state index in [1.165, 1.54) is 0 Å². The number of aromatic nitrogens is 1. The average molecular weight is 264 g/mol. The molecule has 5 heteroatoms. The Balaban J connectivity index is 2.75. The fourth-order valence-corrected chi connectivity index (χ4v) is 1.59. The molecule has 106 valence electrons. The largest absolute Gasteiger partial charge is 0.357 e. The summed E-state index contributed by atoms with van der Waals surface area (Å²) in [6, 6.07) is 3.78. The Labute approximate surface area is 115 Å². The van der Waals surface area contributed by atoms with Gasteiger partial charge in [-0.05, 0) is 39.8 Å². The van der Waals surface area contributed by atoms with E-state index in [1.807, 2.05) is 26.0 Å². The maximum absolute atomic E-state index is 12.0. The van der Waals surface area contributed by atoms with Gasteiger partial charge < -0.3 is 16.0 Å². The number of pyridine rings is 1. The van der Waals surface area contributed by atoms with Crippen molar-refractivity contribution in [1.82, 2.24) is 4.98 Å². The molecule has 0 aliphatic heterocycles. The predicted octanol–water partition coefficient (Wildman–Crippen LogP) is 1.85. The van der Waals surface area contributed by atoms with Gasteiger partial charge in [0, 0.05) is 19.6 Å². The minimum atomic E-state index is -0.572. The van der Waals surface area contributed by atoms with E-state index in [9.17, 15) is 4.79 Å². The minimum Gasteiger partial charge on any atom is -0.357 e. The topological polar surface area (TPSA) is 71.2 Å². The number of nitrogens with one attached hydrogen (secondary N) is 1. The van der Waals surface area contributed by atoms with E-state index >= 15 is 0 Å². The lowest BCUT2D eigenvalue weighted by atomic mass is 9.92. The lowest BCUT2D eigenvalue weighted by Crippen LogP contribution is -2.37. The first-order valence-electron chi connectivity index (χ1n) is 6.67. The van der Waals surface area contributed by atoms with Crippen LogP contribution in [0.4, 0.5) is 11.5 Å². The number of amides is 1. The van der Waals surface area contributed by atoms with Gasteiger partial charge in [0.2, 0.25) is 5.91 Å². The molecule has 5 nitrogen and oxygen atoms in total. The van der Waals surface area contributed by atoms with Crippen LogP contribution in [0.1, 0.15) is 27.7 Å². The fourth-order valence-electron chi connectivity index (χ4n) is 1.59. The number of rotatable bonds is 6. The molecule has 0 saturated carbocycles. The summed E-state index contributed by atoms with van der Waals surface area (Å²) in [5.74, 6) is 0.827. The summed E-state index contributed by atoms with van der Waals surface area (Å²) in [5.41, 5.74) is 5.70. The van der Waals surface area contributed by atoms with Crippen LogP contribution in [-0.4, -0.2) is 30.5 Å². The van der Waals surface area contributed by atoms with Gasteiger partial charge in [0.25, 0.3) is 0 Å². The summed E-state index contributed by atoms with van der Waals surface area (Å²) < 4.78 is 0. The average Bonchev–Trinajstić information content (AvgIpc) is 2.42. The van der Waals surface area contributed by atoms with Crippen molar-refractivity contribution in [2.24, 2.45) is 11.1 Å². The fraction of sp³-hybridized carbons (Fsp3) is 0.571. The molecule has 0 aromatic carbocycles. The molecule has 0 unspecified atom stereocenters. The number of hydrogen-bond acceptors (Lipinski definition) is 4. The zero-order valence-electron chi connectivity index (χ0n) is 12.2. The third kappa shape index (κ3) is 3.92. The molecular weight excluding hydrogens is 240 g/mol. The van der Waals surface area contributed by atoms with Crippen molar-refractivity contribution in [3.05, 3.63) is 18.3 Å². The molecule has 1 aromatic rings. The molecule has 0 fully saturated rings. The highest BCUT2D eigenvalue weighted by Gasteiger charge is 2.25. The van der Waals surface area contributed by atoms with Crippen LogP contribution in [0.2, 0.25) is 0 Å². The molecule has 1 heterocycles. The minimum absolute atomic E-state index is 0.0904. The van der Waals surface area contributed by atoms with Crippen LogP contribution in [-0.2, 0) is 4.79 Å². The zero-order valence-corrected chi connectivity index (χ0v) is 12.2. The summed E-state index contributed by atoms with van der Waals surface area (Å²) in [4.78, 5) is 18.5. The van der Waals surface area contributed by atoms with Crippen LogP contribution >= 0.6 is 0 Å². The second-order valence-corrected chi connectivity index (χ2v) is 5.12. The number of anilines is 2. The van der Waals surface area contributed by atoms with Crippen LogP contribution < -0.4 is 16.0 Å². The van der Waals surface area contributed by atoms with Crippen LogP contribution in [0.15, 0.2) is 18.3 Å². The molecule has 3 N–H and O–H groups in total. The van der Waals surface area contributed by atoms with Gasteiger partial charge in [-0.1, -0.05) is 0 Å². The van der Waals surface area contributed by atoms with Gasteiger partial charge in [0.05, 0.1) is 17.3 Å². The van der Waals surface area contributed by atoms with Crippen molar-refractivity contribution in [3.63, 3.8) is 0 Å². The zero-order chi connectivity index (χ0) is 14.5. The van der Waals surface area contributed by atoms with Crippen molar-refractivity contribution in [2.45, 2.75) is 27.7 Å². The van der Waals surface area contributed by atoms with E-state index in [1.54, 1.807) is 6.20 Å². The number of nitrogens with two attached hydrogens (primary N) is 1. The van der Waals surface area contributed by atoms with Gasteiger partial charge in [0.15, 0.2) is 0 Å². The molecule has 19 heavy (non-hydrogen) atoms. The Bertz CT molecular complexity index is 410. The molecular formula is C14H24N4O. The van der Waals surface area contributed by atoms with Gasteiger partial charge in [-0.25, -0.2) is 4.98 Å². The Morgan fingerprint density at radius 3 is 2.42 bits per heavy atom. The van der Waals surface area contributed by atoms with E-state index < -0.39 is 5.41 Å². The summed E-state index contributed by atoms with van der Waals surface area (Å²) >= 11 is 0. The molecule has 0 spiro atoms. The predicted molar refractivity (Wildman–Crippen MR) is 79.3 cm³/mol.